The van der Waals surface area contributed by atoms with E-state index in [2.05, 4.69) is 26.2 Å². The van der Waals surface area contributed by atoms with Crippen LogP contribution in [-0.2, 0) is 9.59 Å². The summed E-state index contributed by atoms with van der Waals surface area (Å²) < 4.78 is 0.823. The lowest BCUT2D eigenvalue weighted by Gasteiger charge is -2.29. The smallest absolute Gasteiger partial charge is 0.306 e. The minimum Gasteiger partial charge on any atom is -0.481 e. The van der Waals surface area contributed by atoms with Gasteiger partial charge >= 0.3 is 5.97 Å². The average molecular weight is 379 g/mol. The van der Waals surface area contributed by atoms with Gasteiger partial charge in [0.25, 0.3) is 5.91 Å². The Kier molecular flexibility index (Phi) is 5.71. The average Bonchev–Trinajstić information content (AvgIpc) is 2.55. The molecule has 2 N–H and O–H groups in total. The summed E-state index contributed by atoms with van der Waals surface area (Å²) in [5.74, 6) is -1.16. The van der Waals surface area contributed by atoms with Gasteiger partial charge in [-0.15, -0.1) is 0 Å². The number of nitriles is 1. The van der Waals surface area contributed by atoms with Crippen molar-refractivity contribution in [2.24, 2.45) is 5.92 Å². The molecule has 1 aromatic heterocycles. The van der Waals surface area contributed by atoms with E-state index in [1.54, 1.807) is 18.3 Å². The zero-order valence-corrected chi connectivity index (χ0v) is 13.8. The highest BCUT2D eigenvalue weighted by molar-refractivity contribution is 9.10. The van der Waals surface area contributed by atoms with Gasteiger partial charge in [0.15, 0.2) is 0 Å². The Morgan fingerprint density at radius 3 is 2.74 bits per heavy atom. The molecule has 1 amide bonds. The molecule has 0 saturated carbocycles. The van der Waals surface area contributed by atoms with Gasteiger partial charge in [-0.05, 0) is 25.0 Å². The van der Waals surface area contributed by atoms with Crippen LogP contribution in [0.1, 0.15) is 12.8 Å². The number of pyridine rings is 1. The Bertz CT molecular complexity index is 676. The van der Waals surface area contributed by atoms with Crippen LogP contribution in [0.15, 0.2) is 34.6 Å². The second-order valence-corrected chi connectivity index (χ2v) is 5.99. The number of carbonyl (C=O) groups excluding carboxylic acids is 1. The Balaban J connectivity index is 2.00. The largest absolute Gasteiger partial charge is 0.481 e. The lowest BCUT2D eigenvalue weighted by atomic mass is 9.97. The molecule has 0 radical (unpaired) electrons. The lowest BCUT2D eigenvalue weighted by Crippen LogP contribution is -2.40. The van der Waals surface area contributed by atoms with Gasteiger partial charge in [0, 0.05) is 30.0 Å². The summed E-state index contributed by atoms with van der Waals surface area (Å²) >= 11 is 3.31. The molecule has 0 unspecified atom stereocenters. The van der Waals surface area contributed by atoms with Crippen molar-refractivity contribution in [3.63, 3.8) is 0 Å². The minimum atomic E-state index is -0.837. The monoisotopic (exact) mass is 378 g/mol. The number of piperidine rings is 1. The van der Waals surface area contributed by atoms with Crippen LogP contribution in [-0.4, -0.2) is 40.0 Å². The van der Waals surface area contributed by atoms with Crippen molar-refractivity contribution >= 4 is 33.6 Å². The number of halogens is 1. The molecule has 1 fully saturated rings. The molecule has 1 aliphatic heterocycles. The Morgan fingerprint density at radius 2 is 2.17 bits per heavy atom. The highest BCUT2D eigenvalue weighted by Crippen LogP contribution is 2.19. The first kappa shape index (κ1) is 17.0. The lowest BCUT2D eigenvalue weighted by molar-refractivity contribution is -0.145. The predicted octanol–water partition coefficient (Wildman–Crippen LogP) is 1.99. The quantitative estimate of drug-likeness (QED) is 0.612. The first-order chi connectivity index (χ1) is 11.0. The van der Waals surface area contributed by atoms with Crippen LogP contribution < -0.4 is 5.32 Å². The van der Waals surface area contributed by atoms with Crippen LogP contribution in [0.5, 0.6) is 0 Å². The molecule has 0 atom stereocenters. The molecule has 1 aliphatic rings. The fourth-order valence-electron chi connectivity index (χ4n) is 2.27. The van der Waals surface area contributed by atoms with Crippen LogP contribution in [0, 0.1) is 17.2 Å². The molecule has 120 valence electrons. The third kappa shape index (κ3) is 4.53. The van der Waals surface area contributed by atoms with Crippen molar-refractivity contribution in [3.8, 4) is 6.07 Å². The van der Waals surface area contributed by atoms with Gasteiger partial charge in [-0.25, -0.2) is 4.98 Å². The molecule has 1 aromatic rings. The number of carbonyl (C=O) groups is 2. The van der Waals surface area contributed by atoms with Gasteiger partial charge in [-0.1, -0.05) is 15.9 Å². The number of likely N-dealkylation sites (tertiary alicyclic amines) is 1. The van der Waals surface area contributed by atoms with E-state index in [9.17, 15) is 14.9 Å². The van der Waals surface area contributed by atoms with Crippen molar-refractivity contribution in [3.05, 3.63) is 34.6 Å². The van der Waals surface area contributed by atoms with E-state index in [-0.39, 0.29) is 5.57 Å². The molecule has 7 nitrogen and oxygen atoms in total. The molecule has 2 rings (SSSR count). The highest BCUT2D eigenvalue weighted by Gasteiger charge is 2.28. The second kappa shape index (κ2) is 7.74. The number of hydrogen-bond acceptors (Lipinski definition) is 5. The summed E-state index contributed by atoms with van der Waals surface area (Å²) in [6, 6.07) is 5.35. The second-order valence-electron chi connectivity index (χ2n) is 5.08. The number of nitrogens with zero attached hydrogens (tertiary/aromatic N) is 3. The first-order valence-corrected chi connectivity index (χ1v) is 7.81. The van der Waals surface area contributed by atoms with Crippen LogP contribution >= 0.6 is 15.9 Å². The molecule has 0 aromatic carbocycles. The number of aliphatic carboxylic acids is 1. The molecule has 0 bridgehead atoms. The maximum Gasteiger partial charge on any atom is 0.306 e. The Hall–Kier alpha value is -2.40. The maximum atomic E-state index is 12.3. The van der Waals surface area contributed by atoms with Gasteiger partial charge in [0.05, 0.1) is 5.92 Å². The van der Waals surface area contributed by atoms with Gasteiger partial charge in [-0.3, -0.25) is 9.59 Å². The fraction of sp³-hybridized carbons (Fsp3) is 0.333. The zero-order valence-electron chi connectivity index (χ0n) is 12.2. The predicted molar refractivity (Wildman–Crippen MR) is 86.2 cm³/mol. The van der Waals surface area contributed by atoms with Crippen LogP contribution in [0.25, 0.3) is 0 Å². The van der Waals surface area contributed by atoms with Gasteiger partial charge in [0.2, 0.25) is 0 Å². The van der Waals surface area contributed by atoms with Crippen molar-refractivity contribution in [1.82, 2.24) is 9.88 Å². The van der Waals surface area contributed by atoms with Crippen LogP contribution in [0.3, 0.4) is 0 Å². The summed E-state index contributed by atoms with van der Waals surface area (Å²) in [7, 11) is 0. The molecule has 0 aliphatic carbocycles. The number of carboxylic acid groups (broad SMARTS) is 1. The summed E-state index contributed by atoms with van der Waals surface area (Å²) in [6.45, 7) is 0.675. The van der Waals surface area contributed by atoms with Gasteiger partial charge in [0.1, 0.15) is 17.5 Å². The molecule has 23 heavy (non-hydrogen) atoms. The first-order valence-electron chi connectivity index (χ1n) is 7.01. The van der Waals surface area contributed by atoms with E-state index < -0.39 is 17.8 Å². The van der Waals surface area contributed by atoms with Crippen molar-refractivity contribution in [2.45, 2.75) is 12.8 Å². The van der Waals surface area contributed by atoms with Crippen molar-refractivity contribution in [2.75, 3.05) is 18.4 Å². The molecular weight excluding hydrogens is 364 g/mol. The Labute approximate surface area is 141 Å². The van der Waals surface area contributed by atoms with E-state index >= 15 is 0 Å². The SMILES string of the molecule is N#C/C(=C/Nc1cc(Br)ccn1)C(=O)N1CCC(C(=O)O)CC1. The number of nitrogens with one attached hydrogen (secondary N) is 1. The minimum absolute atomic E-state index is 0.0412. The Morgan fingerprint density at radius 1 is 1.48 bits per heavy atom. The number of amides is 1. The van der Waals surface area contributed by atoms with E-state index in [1.807, 2.05) is 6.07 Å². The van der Waals surface area contributed by atoms with Crippen LogP contribution in [0.4, 0.5) is 5.82 Å². The van der Waals surface area contributed by atoms with Crippen LogP contribution in [0.2, 0.25) is 0 Å². The van der Waals surface area contributed by atoms with E-state index in [4.69, 9.17) is 5.11 Å². The fourth-order valence-corrected chi connectivity index (χ4v) is 2.61. The summed E-state index contributed by atoms with van der Waals surface area (Å²) in [5, 5.41) is 20.9. The van der Waals surface area contributed by atoms with E-state index in [0.717, 1.165) is 4.47 Å². The molecular formula is C15H15BrN4O3. The number of rotatable bonds is 4. The highest BCUT2D eigenvalue weighted by atomic mass is 79.9. The topological polar surface area (TPSA) is 106 Å². The third-order valence-corrected chi connectivity index (χ3v) is 4.06. The number of anilines is 1. The molecule has 1 saturated heterocycles. The molecule has 0 spiro atoms. The third-order valence-electron chi connectivity index (χ3n) is 3.57. The number of hydrogen-bond donors (Lipinski definition) is 2. The van der Waals surface area contributed by atoms with Crippen molar-refractivity contribution < 1.29 is 14.7 Å². The van der Waals surface area contributed by atoms with Gasteiger partial charge in [-0.2, -0.15) is 5.26 Å². The summed E-state index contributed by atoms with van der Waals surface area (Å²) in [5.41, 5.74) is -0.0412. The standard InChI is InChI=1S/C15H15BrN4O3/c16-12-1-4-18-13(7-12)19-9-11(8-17)14(21)20-5-2-10(3-6-20)15(22)23/h1,4,7,9-10H,2-3,5-6H2,(H,18,19)(H,22,23)/b11-9-. The summed E-state index contributed by atoms with van der Waals surface area (Å²) in [4.78, 5) is 28.8. The maximum absolute atomic E-state index is 12.3. The van der Waals surface area contributed by atoms with E-state index in [0.29, 0.717) is 31.7 Å². The van der Waals surface area contributed by atoms with Gasteiger partial charge < -0.3 is 15.3 Å². The molecule has 2 heterocycles. The summed E-state index contributed by atoms with van der Waals surface area (Å²) in [6.07, 6.45) is 3.71. The molecule has 8 heteroatoms. The van der Waals surface area contributed by atoms with Crippen molar-refractivity contribution in [1.29, 1.82) is 5.26 Å². The number of aromatic nitrogens is 1. The zero-order chi connectivity index (χ0) is 16.8. The number of carboxylic acids is 1. The normalized spacial score (nSPS) is 15.8. The van der Waals surface area contributed by atoms with E-state index in [1.165, 1.54) is 11.1 Å².